The van der Waals surface area contributed by atoms with Crippen LogP contribution in [0.15, 0.2) is 30.3 Å². The second-order valence-corrected chi connectivity index (χ2v) is 10.1. The van der Waals surface area contributed by atoms with Crippen molar-refractivity contribution in [2.75, 3.05) is 13.4 Å². The number of unbranched alkanes of at least 4 members (excludes halogenated alkanes) is 1. The van der Waals surface area contributed by atoms with Crippen LogP contribution in [0.1, 0.15) is 45.2 Å². The van der Waals surface area contributed by atoms with Crippen molar-refractivity contribution in [2.24, 2.45) is 5.73 Å². The number of benzene rings is 1. The van der Waals surface area contributed by atoms with E-state index in [4.69, 9.17) is 19.9 Å². The first-order valence-corrected chi connectivity index (χ1v) is 11.6. The van der Waals surface area contributed by atoms with Crippen molar-refractivity contribution >= 4 is 35.7 Å². The molecule has 2 aliphatic rings. The number of hydrogen-bond donors (Lipinski definition) is 2. The van der Waals surface area contributed by atoms with Gasteiger partial charge in [-0.05, 0) is 25.8 Å². The molecular formula is C22H29N3O7S. The number of carbonyl (C=O) groups excluding carboxylic acids is 4. The molecule has 1 aromatic rings. The first-order chi connectivity index (χ1) is 15.7. The number of carbonyl (C=O) groups is 4. The third kappa shape index (κ3) is 5.41. The number of esters is 1. The molecule has 2 amide bonds. The van der Waals surface area contributed by atoms with E-state index in [1.54, 1.807) is 24.3 Å². The van der Waals surface area contributed by atoms with Crippen molar-refractivity contribution in [3.63, 3.8) is 0 Å². The highest BCUT2D eigenvalue weighted by Gasteiger charge is 2.64. The maximum atomic E-state index is 12.8. The molecule has 33 heavy (non-hydrogen) atoms. The summed E-state index contributed by atoms with van der Waals surface area (Å²) in [5, 5.41) is 2.27. The Morgan fingerprint density at radius 2 is 1.88 bits per heavy atom. The second kappa shape index (κ2) is 10.4. The Balaban J connectivity index is 1.55. The number of hydrogen-bond acceptors (Lipinski definition) is 9. The topological polar surface area (TPSA) is 137 Å². The molecule has 0 aliphatic carbocycles. The summed E-state index contributed by atoms with van der Waals surface area (Å²) in [6, 6.07) is 6.24. The number of nitrogens with two attached hydrogens (primary N) is 1. The van der Waals surface area contributed by atoms with Crippen LogP contribution in [0, 0.1) is 0 Å². The van der Waals surface area contributed by atoms with Crippen molar-refractivity contribution < 1.29 is 33.4 Å². The Morgan fingerprint density at radius 3 is 2.55 bits per heavy atom. The van der Waals surface area contributed by atoms with Crippen LogP contribution in [-0.2, 0) is 28.6 Å². The van der Waals surface area contributed by atoms with Crippen LogP contribution >= 0.6 is 11.8 Å². The van der Waals surface area contributed by atoms with Gasteiger partial charge in [-0.25, -0.2) is 9.59 Å². The molecular weight excluding hydrogens is 450 g/mol. The lowest BCUT2D eigenvalue weighted by Gasteiger charge is -2.44. The second-order valence-electron chi connectivity index (χ2n) is 8.31. The van der Waals surface area contributed by atoms with Crippen LogP contribution in [0.3, 0.4) is 0 Å². The minimum absolute atomic E-state index is 0.223. The molecule has 11 heteroatoms. The van der Waals surface area contributed by atoms with E-state index in [9.17, 15) is 19.2 Å². The van der Waals surface area contributed by atoms with E-state index >= 15 is 0 Å². The normalized spacial score (nSPS) is 23.7. The molecule has 3 N–H and O–H groups in total. The lowest BCUT2D eigenvalue weighted by Crippen LogP contribution is -2.71. The molecule has 0 bridgehead atoms. The van der Waals surface area contributed by atoms with Crippen LogP contribution in [0.2, 0.25) is 0 Å². The zero-order chi connectivity index (χ0) is 24.2. The first-order valence-electron chi connectivity index (χ1n) is 10.7. The third-order valence-corrected chi connectivity index (χ3v) is 7.07. The number of thioether (sulfide) groups is 1. The molecule has 0 aromatic heterocycles. The van der Waals surface area contributed by atoms with E-state index in [2.05, 4.69) is 5.32 Å². The molecule has 0 radical (unpaired) electrons. The van der Waals surface area contributed by atoms with Gasteiger partial charge in [0.15, 0.2) is 0 Å². The Labute approximate surface area is 196 Å². The van der Waals surface area contributed by atoms with Gasteiger partial charge >= 0.3 is 12.1 Å². The van der Waals surface area contributed by atoms with Gasteiger partial charge in [-0.1, -0.05) is 43.7 Å². The number of fused-ring (bicyclic) bond motifs is 1. The van der Waals surface area contributed by atoms with Gasteiger partial charge in [0.05, 0.1) is 6.61 Å². The fourth-order valence-electron chi connectivity index (χ4n) is 3.74. The van der Waals surface area contributed by atoms with E-state index in [1.807, 2.05) is 26.8 Å². The lowest BCUT2D eigenvalue weighted by atomic mass is 9.95. The van der Waals surface area contributed by atoms with Gasteiger partial charge in [-0.2, -0.15) is 0 Å². The van der Waals surface area contributed by atoms with E-state index < -0.39 is 59.0 Å². The highest BCUT2D eigenvalue weighted by atomic mass is 32.2. The Kier molecular flexibility index (Phi) is 7.85. The average Bonchev–Trinajstić information content (AvgIpc) is 3.05. The van der Waals surface area contributed by atoms with Crippen molar-refractivity contribution in [1.29, 1.82) is 0 Å². The van der Waals surface area contributed by atoms with Gasteiger partial charge in [0.2, 0.25) is 18.6 Å². The summed E-state index contributed by atoms with van der Waals surface area (Å²) >= 11 is 1.39. The molecule has 3 rings (SSSR count). The highest BCUT2D eigenvalue weighted by molar-refractivity contribution is 8.01. The Hall–Kier alpha value is -2.79. The summed E-state index contributed by atoms with van der Waals surface area (Å²) in [5.74, 6) is -1.57. The van der Waals surface area contributed by atoms with E-state index in [0.29, 0.717) is 12.0 Å². The van der Waals surface area contributed by atoms with Gasteiger partial charge in [0.1, 0.15) is 23.5 Å². The number of β-lactam (4-membered cyclic amide) rings is 1. The molecule has 10 nitrogen and oxygen atoms in total. The molecule has 2 aliphatic heterocycles. The van der Waals surface area contributed by atoms with Gasteiger partial charge in [-0.3, -0.25) is 9.59 Å². The van der Waals surface area contributed by atoms with Crippen LogP contribution in [-0.4, -0.2) is 64.4 Å². The maximum absolute atomic E-state index is 12.8. The summed E-state index contributed by atoms with van der Waals surface area (Å²) in [5.41, 5.74) is 6.66. The maximum Gasteiger partial charge on any atom is 0.511 e. The standard InChI is InChI=1S/C22H29N3O7S/c1-4-5-11-30-21(29)32-12-31-20(28)16-22(2,3)33-19-15(18(27)25(16)19)24-17(26)14(23)13-9-7-6-8-10-13/h6-10,14-16,19H,4-5,11-12,23H2,1-3H3,(H,24,26)/t14?,15-,16+,19-/m1/s1. The number of ether oxygens (including phenoxy) is 3. The SMILES string of the molecule is CCCCOC(=O)OCOC(=O)[C@@H]1N2C(=O)[C@@H](NC(=O)C(N)c3ccccc3)[C@H]2SC1(C)C. The lowest BCUT2D eigenvalue weighted by molar-refractivity contribution is -0.170. The van der Waals surface area contributed by atoms with E-state index in [1.165, 1.54) is 16.7 Å². The van der Waals surface area contributed by atoms with Gasteiger partial charge in [-0.15, -0.1) is 11.8 Å². The number of rotatable bonds is 9. The fraction of sp³-hybridized carbons (Fsp3) is 0.545. The summed E-state index contributed by atoms with van der Waals surface area (Å²) in [4.78, 5) is 51.0. The summed E-state index contributed by atoms with van der Waals surface area (Å²) in [6.45, 7) is 5.18. The van der Waals surface area contributed by atoms with Crippen LogP contribution in [0.25, 0.3) is 0 Å². The summed E-state index contributed by atoms with van der Waals surface area (Å²) in [7, 11) is 0. The predicted octanol–water partition coefficient (Wildman–Crippen LogP) is 1.69. The van der Waals surface area contributed by atoms with Gasteiger partial charge in [0, 0.05) is 4.75 Å². The molecule has 2 heterocycles. The molecule has 1 unspecified atom stereocenters. The molecule has 4 atom stereocenters. The van der Waals surface area contributed by atoms with Crippen LogP contribution in [0.4, 0.5) is 4.79 Å². The van der Waals surface area contributed by atoms with Crippen molar-refractivity contribution in [3.05, 3.63) is 35.9 Å². The smallest absolute Gasteiger partial charge is 0.434 e. The number of amides is 2. The van der Waals surface area contributed by atoms with Crippen molar-refractivity contribution in [2.45, 2.75) is 61.9 Å². The van der Waals surface area contributed by atoms with Crippen molar-refractivity contribution in [1.82, 2.24) is 10.2 Å². The largest absolute Gasteiger partial charge is 0.511 e. The van der Waals surface area contributed by atoms with Crippen LogP contribution in [0.5, 0.6) is 0 Å². The molecule has 1 aromatic carbocycles. The average molecular weight is 480 g/mol. The molecule has 180 valence electrons. The van der Waals surface area contributed by atoms with Gasteiger partial charge in [0.25, 0.3) is 0 Å². The third-order valence-electron chi connectivity index (χ3n) is 5.50. The molecule has 2 fully saturated rings. The quantitative estimate of drug-likeness (QED) is 0.234. The number of nitrogens with zero attached hydrogens (tertiary/aromatic N) is 1. The highest BCUT2D eigenvalue weighted by Crippen LogP contribution is 2.51. The molecule has 2 saturated heterocycles. The number of nitrogens with one attached hydrogen (secondary N) is 1. The van der Waals surface area contributed by atoms with Crippen molar-refractivity contribution in [3.8, 4) is 0 Å². The van der Waals surface area contributed by atoms with E-state index in [-0.39, 0.29) is 6.61 Å². The minimum atomic E-state index is -0.924. The monoisotopic (exact) mass is 479 g/mol. The first kappa shape index (κ1) is 24.8. The summed E-state index contributed by atoms with van der Waals surface area (Å²) < 4.78 is 14.0. The fourth-order valence-corrected chi connectivity index (χ4v) is 5.36. The Bertz CT molecular complexity index is 895. The van der Waals surface area contributed by atoms with Gasteiger partial charge < -0.3 is 30.2 Å². The van der Waals surface area contributed by atoms with Crippen LogP contribution < -0.4 is 11.1 Å². The molecule has 0 saturated carbocycles. The van der Waals surface area contributed by atoms with E-state index in [0.717, 1.165) is 6.42 Å². The minimum Gasteiger partial charge on any atom is -0.434 e. The zero-order valence-electron chi connectivity index (χ0n) is 18.8. The Morgan fingerprint density at radius 1 is 1.18 bits per heavy atom. The summed E-state index contributed by atoms with van der Waals surface area (Å²) in [6.07, 6.45) is 0.641. The molecule has 0 spiro atoms. The zero-order valence-corrected chi connectivity index (χ0v) is 19.6. The predicted molar refractivity (Wildman–Crippen MR) is 120 cm³/mol.